The summed E-state index contributed by atoms with van der Waals surface area (Å²) < 4.78 is 0. The van der Waals surface area contributed by atoms with Crippen molar-refractivity contribution < 1.29 is 0 Å². The van der Waals surface area contributed by atoms with Gasteiger partial charge in [-0.25, -0.2) is 9.97 Å². The number of aryl methyl sites for hydroxylation is 2. The van der Waals surface area contributed by atoms with Crippen molar-refractivity contribution in [2.24, 2.45) is 0 Å². The van der Waals surface area contributed by atoms with Crippen LogP contribution < -0.4 is 4.90 Å². The first-order valence-corrected chi connectivity index (χ1v) is 10.4. The van der Waals surface area contributed by atoms with E-state index in [1.54, 1.807) is 10.4 Å². The highest BCUT2D eigenvalue weighted by atomic mass is 32.1. The summed E-state index contributed by atoms with van der Waals surface area (Å²) in [5.74, 6) is 2.56. The molecule has 1 fully saturated rings. The number of hydrogen-bond donors (Lipinski definition) is 0. The van der Waals surface area contributed by atoms with Crippen molar-refractivity contribution in [2.45, 2.75) is 45.4 Å². The lowest BCUT2D eigenvalue weighted by molar-refractivity contribution is 0.283. The summed E-state index contributed by atoms with van der Waals surface area (Å²) in [4.78, 5) is 17.7. The van der Waals surface area contributed by atoms with Crippen LogP contribution in [0.4, 0.5) is 5.82 Å². The lowest BCUT2D eigenvalue weighted by Gasteiger charge is -2.35. The Balaban J connectivity index is 1.76. The van der Waals surface area contributed by atoms with E-state index in [1.807, 2.05) is 17.4 Å². The van der Waals surface area contributed by atoms with Gasteiger partial charge in [-0.15, -0.1) is 17.9 Å². The minimum atomic E-state index is 0.365. The van der Waals surface area contributed by atoms with Crippen molar-refractivity contribution >= 4 is 27.4 Å². The highest BCUT2D eigenvalue weighted by Gasteiger charge is 2.26. The fourth-order valence-corrected chi connectivity index (χ4v) is 5.23. The lowest BCUT2D eigenvalue weighted by atomic mass is 9.96. The first-order chi connectivity index (χ1) is 12.2. The van der Waals surface area contributed by atoms with Gasteiger partial charge in [-0.3, -0.25) is 4.90 Å². The van der Waals surface area contributed by atoms with E-state index in [4.69, 9.17) is 9.97 Å². The highest BCUT2D eigenvalue weighted by molar-refractivity contribution is 7.19. The Hall–Kier alpha value is -1.46. The van der Waals surface area contributed by atoms with Crippen molar-refractivity contribution in [2.75, 3.05) is 37.6 Å². The molecule has 1 aliphatic heterocycles. The van der Waals surface area contributed by atoms with E-state index in [0.717, 1.165) is 38.5 Å². The van der Waals surface area contributed by atoms with Gasteiger partial charge in [0.25, 0.3) is 0 Å². The maximum atomic E-state index is 5.06. The van der Waals surface area contributed by atoms with Crippen LogP contribution in [-0.4, -0.2) is 47.6 Å². The maximum Gasteiger partial charge on any atom is 0.141 e. The van der Waals surface area contributed by atoms with Crippen LogP contribution >= 0.6 is 11.3 Å². The van der Waals surface area contributed by atoms with E-state index in [9.17, 15) is 0 Å². The first kappa shape index (κ1) is 17.0. The number of rotatable bonds is 4. The van der Waals surface area contributed by atoms with Crippen LogP contribution in [0.25, 0.3) is 10.2 Å². The molecule has 1 aliphatic carbocycles. The smallest absolute Gasteiger partial charge is 0.141 e. The summed E-state index contributed by atoms with van der Waals surface area (Å²) in [7, 11) is 0. The molecule has 5 heteroatoms. The van der Waals surface area contributed by atoms with Gasteiger partial charge < -0.3 is 4.90 Å². The summed E-state index contributed by atoms with van der Waals surface area (Å²) in [6.45, 7) is 13.5. The van der Waals surface area contributed by atoms with Crippen LogP contribution in [0.5, 0.6) is 0 Å². The number of hydrogen-bond acceptors (Lipinski definition) is 5. The summed E-state index contributed by atoms with van der Waals surface area (Å²) in [6, 6.07) is 0. The standard InChI is InChI=1S/C20H28N4S/c1-4-9-23-10-12-24(13-11-23)19-17-15-7-5-6-8-16(15)25-20(17)22-18(21-19)14(2)3/h4,14H,1,5-13H2,2-3H3. The fraction of sp³-hybridized carbons (Fsp3) is 0.600. The zero-order valence-corrected chi connectivity index (χ0v) is 16.2. The number of thiophene rings is 1. The van der Waals surface area contributed by atoms with E-state index in [1.165, 1.54) is 41.7 Å². The maximum absolute atomic E-state index is 5.06. The normalized spacial score (nSPS) is 18.8. The van der Waals surface area contributed by atoms with Crippen LogP contribution in [0.2, 0.25) is 0 Å². The largest absolute Gasteiger partial charge is 0.353 e. The third kappa shape index (κ3) is 3.20. The van der Waals surface area contributed by atoms with E-state index in [2.05, 4.69) is 30.2 Å². The summed E-state index contributed by atoms with van der Waals surface area (Å²) >= 11 is 1.92. The van der Waals surface area contributed by atoms with Gasteiger partial charge in [0.05, 0.1) is 5.39 Å². The third-order valence-corrected chi connectivity index (χ3v) is 6.57. The third-order valence-electron chi connectivity index (χ3n) is 5.39. The van der Waals surface area contributed by atoms with Gasteiger partial charge in [-0.1, -0.05) is 19.9 Å². The molecule has 0 aromatic carbocycles. The fourth-order valence-electron chi connectivity index (χ4n) is 3.97. The van der Waals surface area contributed by atoms with Crippen molar-refractivity contribution in [1.82, 2.24) is 14.9 Å². The van der Waals surface area contributed by atoms with Gasteiger partial charge in [-0.05, 0) is 31.2 Å². The molecule has 0 amide bonds. The second kappa shape index (κ2) is 7.04. The Morgan fingerprint density at radius 1 is 1.12 bits per heavy atom. The molecule has 0 spiro atoms. The number of fused-ring (bicyclic) bond motifs is 3. The second-order valence-electron chi connectivity index (χ2n) is 7.53. The second-order valence-corrected chi connectivity index (χ2v) is 8.61. The average Bonchev–Trinajstić information content (AvgIpc) is 3.00. The van der Waals surface area contributed by atoms with Crippen LogP contribution in [0.1, 0.15) is 48.9 Å². The molecule has 3 heterocycles. The number of piperazine rings is 1. The molecular weight excluding hydrogens is 328 g/mol. The lowest BCUT2D eigenvalue weighted by Crippen LogP contribution is -2.46. The van der Waals surface area contributed by atoms with Gasteiger partial charge in [0.15, 0.2) is 0 Å². The van der Waals surface area contributed by atoms with E-state index < -0.39 is 0 Å². The zero-order valence-electron chi connectivity index (χ0n) is 15.4. The van der Waals surface area contributed by atoms with Crippen molar-refractivity contribution in [3.8, 4) is 0 Å². The molecular formula is C20H28N4S. The van der Waals surface area contributed by atoms with E-state index >= 15 is 0 Å². The van der Waals surface area contributed by atoms with Crippen molar-refractivity contribution in [3.63, 3.8) is 0 Å². The Kier molecular flexibility index (Phi) is 4.78. The van der Waals surface area contributed by atoms with Gasteiger partial charge in [-0.2, -0.15) is 0 Å². The van der Waals surface area contributed by atoms with Gasteiger partial charge in [0.1, 0.15) is 16.5 Å². The van der Waals surface area contributed by atoms with Crippen LogP contribution in [0.15, 0.2) is 12.7 Å². The Morgan fingerprint density at radius 3 is 2.60 bits per heavy atom. The molecule has 0 unspecified atom stereocenters. The van der Waals surface area contributed by atoms with Crippen LogP contribution in [-0.2, 0) is 12.8 Å². The van der Waals surface area contributed by atoms with E-state index in [-0.39, 0.29) is 0 Å². The molecule has 0 N–H and O–H groups in total. The van der Waals surface area contributed by atoms with Gasteiger partial charge in [0, 0.05) is 43.5 Å². The molecule has 2 aromatic heterocycles. The molecule has 0 atom stereocenters. The summed E-state index contributed by atoms with van der Waals surface area (Å²) in [6.07, 6.45) is 7.05. The number of aromatic nitrogens is 2. The first-order valence-electron chi connectivity index (χ1n) is 9.57. The molecule has 4 rings (SSSR count). The van der Waals surface area contributed by atoms with Crippen LogP contribution in [0, 0.1) is 0 Å². The number of nitrogens with zero attached hydrogens (tertiary/aromatic N) is 4. The highest BCUT2D eigenvalue weighted by Crippen LogP contribution is 2.40. The summed E-state index contributed by atoms with van der Waals surface area (Å²) in [5.41, 5.74) is 1.55. The predicted molar refractivity (Wildman–Crippen MR) is 107 cm³/mol. The topological polar surface area (TPSA) is 32.3 Å². The molecule has 0 bridgehead atoms. The van der Waals surface area contributed by atoms with Crippen molar-refractivity contribution in [1.29, 1.82) is 0 Å². The zero-order chi connectivity index (χ0) is 17.4. The van der Waals surface area contributed by atoms with E-state index in [0.29, 0.717) is 5.92 Å². The van der Waals surface area contributed by atoms with Gasteiger partial charge >= 0.3 is 0 Å². The minimum absolute atomic E-state index is 0.365. The quantitative estimate of drug-likeness (QED) is 0.775. The van der Waals surface area contributed by atoms with Crippen LogP contribution in [0.3, 0.4) is 0 Å². The molecule has 1 saturated heterocycles. The molecule has 2 aliphatic rings. The summed E-state index contributed by atoms with van der Waals surface area (Å²) in [5, 5.41) is 1.36. The minimum Gasteiger partial charge on any atom is -0.353 e. The number of anilines is 1. The Labute approximate surface area is 154 Å². The molecule has 0 saturated carbocycles. The Morgan fingerprint density at radius 2 is 1.88 bits per heavy atom. The molecule has 0 radical (unpaired) electrons. The predicted octanol–water partition coefficient (Wildman–Crippen LogP) is 4.00. The Bertz CT molecular complexity index is 772. The van der Waals surface area contributed by atoms with Crippen molar-refractivity contribution in [3.05, 3.63) is 28.9 Å². The monoisotopic (exact) mass is 356 g/mol. The average molecular weight is 357 g/mol. The molecule has 25 heavy (non-hydrogen) atoms. The SMILES string of the molecule is C=CCN1CCN(c2nc(C(C)C)nc3sc4c(c23)CCCC4)CC1. The molecule has 2 aromatic rings. The molecule has 134 valence electrons. The molecule has 4 nitrogen and oxygen atoms in total. The van der Waals surface area contributed by atoms with Gasteiger partial charge in [0.2, 0.25) is 0 Å².